The fourth-order valence-corrected chi connectivity index (χ4v) is 4.14. The van der Waals surface area contributed by atoms with Crippen molar-refractivity contribution in [2.75, 3.05) is 35.5 Å². The molecule has 19 heavy (non-hydrogen) atoms. The van der Waals surface area contributed by atoms with Gasteiger partial charge in [-0.25, -0.2) is 0 Å². The third-order valence-corrected chi connectivity index (χ3v) is 5.44. The van der Waals surface area contributed by atoms with Crippen molar-refractivity contribution in [2.24, 2.45) is 11.8 Å². The van der Waals surface area contributed by atoms with Gasteiger partial charge in [-0.2, -0.15) is 0 Å². The summed E-state index contributed by atoms with van der Waals surface area (Å²) in [5.41, 5.74) is 0. The summed E-state index contributed by atoms with van der Waals surface area (Å²) >= 11 is 14.0. The van der Waals surface area contributed by atoms with Crippen LogP contribution in [0.2, 0.25) is 0 Å². The van der Waals surface area contributed by atoms with Crippen LogP contribution in [-0.2, 0) is 14.2 Å². The predicted molar refractivity (Wildman–Crippen MR) is 94.1 cm³/mol. The molecule has 0 aromatic carbocycles. The summed E-state index contributed by atoms with van der Waals surface area (Å²) in [4.78, 5) is 0. The van der Waals surface area contributed by atoms with Crippen molar-refractivity contribution in [3.63, 3.8) is 0 Å². The van der Waals surface area contributed by atoms with Crippen molar-refractivity contribution in [1.29, 1.82) is 0 Å². The van der Waals surface area contributed by atoms with Crippen molar-refractivity contribution in [3.8, 4) is 0 Å². The zero-order chi connectivity index (χ0) is 14.7. The molecule has 3 nitrogen and oxygen atoms in total. The van der Waals surface area contributed by atoms with Crippen molar-refractivity contribution in [1.82, 2.24) is 0 Å². The van der Waals surface area contributed by atoms with Gasteiger partial charge in [-0.3, -0.25) is 0 Å². The zero-order valence-corrected chi connectivity index (χ0v) is 17.6. The molecule has 0 aromatic rings. The quantitative estimate of drug-likeness (QED) is 0.272. The predicted octanol–water partition coefficient (Wildman–Crippen LogP) is 4.54. The third-order valence-electron chi connectivity index (χ3n) is 2.86. The van der Waals surface area contributed by atoms with E-state index in [9.17, 15) is 0 Å². The van der Waals surface area contributed by atoms with Gasteiger partial charge < -0.3 is 14.2 Å². The van der Waals surface area contributed by atoms with Crippen molar-refractivity contribution in [2.45, 2.75) is 25.4 Å². The Bertz CT molecular complexity index is 189. The summed E-state index contributed by atoms with van der Waals surface area (Å²) < 4.78 is 17.0. The normalized spacial score (nSPS) is 18.0. The van der Waals surface area contributed by atoms with Crippen molar-refractivity contribution in [3.05, 3.63) is 0 Å². The molecule has 0 radical (unpaired) electrons. The Kier molecular flexibility index (Phi) is 14.7. The maximum Gasteiger partial charge on any atom is 0.163 e. The van der Waals surface area contributed by atoms with E-state index in [1.165, 1.54) is 0 Å². The molecule has 0 heterocycles. The van der Waals surface area contributed by atoms with Crippen LogP contribution in [-0.4, -0.2) is 48.1 Å². The van der Waals surface area contributed by atoms with E-state index in [-0.39, 0.29) is 12.6 Å². The number of rotatable bonds is 12. The van der Waals surface area contributed by atoms with Crippen LogP contribution in [0.1, 0.15) is 12.8 Å². The molecule has 0 fully saturated rings. The first-order valence-corrected chi connectivity index (χ1v) is 10.6. The monoisotopic (exact) mass is 530 g/mol. The lowest BCUT2D eigenvalue weighted by Crippen LogP contribution is -2.37. The van der Waals surface area contributed by atoms with E-state index in [0.29, 0.717) is 11.8 Å². The van der Waals surface area contributed by atoms with E-state index in [1.807, 2.05) is 0 Å². The molecule has 116 valence electrons. The van der Waals surface area contributed by atoms with E-state index in [1.54, 1.807) is 14.2 Å². The minimum absolute atomic E-state index is 0.265. The van der Waals surface area contributed by atoms with Crippen molar-refractivity contribution >= 4 is 63.7 Å². The highest BCUT2D eigenvalue weighted by Crippen LogP contribution is 2.24. The average molecular weight is 534 g/mol. The molecule has 0 amide bonds. The second-order valence-corrected chi connectivity index (χ2v) is 7.01. The largest absolute Gasteiger partial charge is 0.355 e. The molecule has 0 aliphatic carbocycles. The summed E-state index contributed by atoms with van der Waals surface area (Å²) in [5.74, 6) is 0.587. The number of halogens is 4. The van der Waals surface area contributed by atoms with Crippen LogP contribution >= 0.6 is 63.7 Å². The molecule has 0 N–H and O–H groups in total. The highest BCUT2D eigenvalue weighted by atomic mass is 79.9. The second kappa shape index (κ2) is 13.5. The smallest absolute Gasteiger partial charge is 0.163 e. The molecule has 0 aromatic heterocycles. The number of methoxy groups -OCH3 is 2. The Balaban J connectivity index is 4.60. The van der Waals surface area contributed by atoms with Crippen LogP contribution in [0.5, 0.6) is 0 Å². The molecule has 0 spiro atoms. The first kappa shape index (κ1) is 20.8. The van der Waals surface area contributed by atoms with Gasteiger partial charge >= 0.3 is 0 Å². The molecule has 0 aliphatic heterocycles. The van der Waals surface area contributed by atoms with Gasteiger partial charge in [-0.05, 0) is 12.8 Å². The lowest BCUT2D eigenvalue weighted by atomic mass is 10.1. The molecular formula is C12H22Br4O3. The number of alkyl halides is 4. The fourth-order valence-electron chi connectivity index (χ4n) is 1.70. The minimum Gasteiger partial charge on any atom is -0.355 e. The Morgan fingerprint density at radius 1 is 0.737 bits per heavy atom. The minimum atomic E-state index is -0.265. The molecule has 0 saturated carbocycles. The van der Waals surface area contributed by atoms with Gasteiger partial charge in [0.15, 0.2) is 12.6 Å². The van der Waals surface area contributed by atoms with E-state index in [4.69, 9.17) is 14.2 Å². The van der Waals surface area contributed by atoms with Gasteiger partial charge in [0.2, 0.25) is 0 Å². The summed E-state index contributed by atoms with van der Waals surface area (Å²) in [5, 5.41) is 3.52. The van der Waals surface area contributed by atoms with E-state index in [0.717, 1.165) is 34.2 Å². The summed E-state index contributed by atoms with van der Waals surface area (Å²) in [7, 11) is 3.35. The molecule has 0 unspecified atom stereocenters. The standard InChI is InChI=1S/C12H22Br4O3/c1-17-11(9(7-15)3-5-13)19-12(18-2)10(8-16)4-6-14/h9-12H,3-8H2,1-2H3/t9-,10-,11+,12+/m1/s1. The molecule has 0 aliphatic rings. The molecular weight excluding hydrogens is 512 g/mol. The number of hydrogen-bond acceptors (Lipinski definition) is 3. The molecule has 4 atom stereocenters. The molecule has 0 saturated heterocycles. The summed E-state index contributed by atoms with van der Waals surface area (Å²) in [6, 6.07) is 0. The Hall–Kier alpha value is 1.80. The molecule has 0 rings (SSSR count). The summed E-state index contributed by atoms with van der Waals surface area (Å²) in [6.45, 7) is 0. The summed E-state index contributed by atoms with van der Waals surface area (Å²) in [6.07, 6.45) is 1.44. The molecule has 0 bridgehead atoms. The Morgan fingerprint density at radius 2 is 1.11 bits per heavy atom. The third kappa shape index (κ3) is 8.12. The number of hydrogen-bond donors (Lipinski definition) is 0. The van der Waals surface area contributed by atoms with Crippen LogP contribution in [0, 0.1) is 11.8 Å². The Morgan fingerprint density at radius 3 is 1.32 bits per heavy atom. The van der Waals surface area contributed by atoms with Crippen LogP contribution < -0.4 is 0 Å². The maximum absolute atomic E-state index is 6.01. The maximum atomic E-state index is 6.01. The highest BCUT2D eigenvalue weighted by molar-refractivity contribution is 9.09. The van der Waals surface area contributed by atoms with Crippen LogP contribution in [0.3, 0.4) is 0 Å². The van der Waals surface area contributed by atoms with Gasteiger partial charge in [0.1, 0.15) is 0 Å². The van der Waals surface area contributed by atoms with E-state index < -0.39 is 0 Å². The SMILES string of the molecule is CO[C@@H](O[C@H](OC)[C@@H](CBr)CCBr)[C@@H](CBr)CCBr. The fraction of sp³-hybridized carbons (Fsp3) is 1.00. The van der Waals surface area contributed by atoms with Gasteiger partial charge in [0.25, 0.3) is 0 Å². The second-order valence-electron chi connectivity index (χ2n) is 4.13. The van der Waals surface area contributed by atoms with Crippen LogP contribution in [0.25, 0.3) is 0 Å². The lowest BCUT2D eigenvalue weighted by molar-refractivity contribution is -0.259. The topological polar surface area (TPSA) is 27.7 Å². The highest BCUT2D eigenvalue weighted by Gasteiger charge is 2.28. The van der Waals surface area contributed by atoms with E-state index >= 15 is 0 Å². The molecule has 7 heteroatoms. The van der Waals surface area contributed by atoms with Gasteiger partial charge in [-0.1, -0.05) is 63.7 Å². The number of ether oxygens (including phenoxy) is 3. The van der Waals surface area contributed by atoms with Gasteiger partial charge in [-0.15, -0.1) is 0 Å². The first-order chi connectivity index (χ1) is 9.18. The van der Waals surface area contributed by atoms with Crippen molar-refractivity contribution < 1.29 is 14.2 Å². The van der Waals surface area contributed by atoms with Gasteiger partial charge in [0.05, 0.1) is 0 Å². The lowest BCUT2D eigenvalue weighted by Gasteiger charge is -2.31. The van der Waals surface area contributed by atoms with Gasteiger partial charge in [0, 0.05) is 47.4 Å². The van der Waals surface area contributed by atoms with E-state index in [2.05, 4.69) is 63.7 Å². The van der Waals surface area contributed by atoms with Crippen LogP contribution in [0.15, 0.2) is 0 Å². The first-order valence-electron chi connectivity index (χ1n) is 6.13. The Labute approximate surface area is 150 Å². The van der Waals surface area contributed by atoms with Crippen LogP contribution in [0.4, 0.5) is 0 Å². The zero-order valence-electron chi connectivity index (χ0n) is 11.3. The average Bonchev–Trinajstić information content (AvgIpc) is 2.44.